The van der Waals surface area contributed by atoms with Crippen molar-refractivity contribution in [3.05, 3.63) is 24.3 Å². The van der Waals surface area contributed by atoms with Crippen molar-refractivity contribution in [2.75, 3.05) is 25.5 Å². The van der Waals surface area contributed by atoms with Crippen molar-refractivity contribution in [1.82, 2.24) is 10.6 Å². The lowest BCUT2D eigenvalue weighted by molar-refractivity contribution is -0.114. The Morgan fingerprint density at radius 1 is 1.43 bits per heavy atom. The molecule has 0 aromatic heterocycles. The number of hydrogen-bond donors (Lipinski definition) is 3. The Balaban J connectivity index is 0.00000264. The smallest absolute Gasteiger partial charge is 0.221 e. The molecule has 2 rings (SSSR count). The number of hydrogen-bond acceptors (Lipinski definition) is 3. The Hall–Kier alpha value is -1.51. The van der Waals surface area contributed by atoms with E-state index in [0.717, 1.165) is 23.3 Å². The molecule has 3 N–H and O–H groups in total. The molecule has 7 heteroatoms. The van der Waals surface area contributed by atoms with Crippen LogP contribution < -0.4 is 20.7 Å². The van der Waals surface area contributed by atoms with Gasteiger partial charge in [-0.05, 0) is 24.5 Å². The van der Waals surface area contributed by atoms with Crippen molar-refractivity contribution in [2.24, 2.45) is 10.9 Å². The maximum absolute atomic E-state index is 11.0. The number of halogens is 1. The normalized spacial score (nSPS) is 19.3. The summed E-state index contributed by atoms with van der Waals surface area (Å²) in [6.45, 7) is 4.88. The van der Waals surface area contributed by atoms with Gasteiger partial charge in [0.25, 0.3) is 0 Å². The van der Waals surface area contributed by atoms with Gasteiger partial charge in [-0.2, -0.15) is 0 Å². The quantitative estimate of drug-likeness (QED) is 0.279. The van der Waals surface area contributed by atoms with Crippen molar-refractivity contribution in [3.63, 3.8) is 0 Å². The molecule has 6 nitrogen and oxygen atoms in total. The average Bonchev–Trinajstić information content (AvgIpc) is 3.17. The number of anilines is 1. The third kappa shape index (κ3) is 7.06. The first-order valence-electron chi connectivity index (χ1n) is 7.56. The molecule has 1 saturated carbocycles. The van der Waals surface area contributed by atoms with E-state index in [1.807, 2.05) is 18.2 Å². The highest BCUT2D eigenvalue weighted by atomic mass is 127. The van der Waals surface area contributed by atoms with Gasteiger partial charge in [0.15, 0.2) is 5.96 Å². The van der Waals surface area contributed by atoms with Crippen LogP contribution in [0.4, 0.5) is 5.69 Å². The van der Waals surface area contributed by atoms with Crippen molar-refractivity contribution in [3.8, 4) is 5.75 Å². The predicted molar refractivity (Wildman–Crippen MR) is 104 cm³/mol. The minimum atomic E-state index is -0.0944. The van der Waals surface area contributed by atoms with E-state index in [1.54, 1.807) is 13.1 Å². The van der Waals surface area contributed by atoms with E-state index >= 15 is 0 Å². The van der Waals surface area contributed by atoms with Crippen LogP contribution in [0.15, 0.2) is 29.3 Å². The van der Waals surface area contributed by atoms with E-state index in [-0.39, 0.29) is 29.9 Å². The Kier molecular flexibility index (Phi) is 8.15. The summed E-state index contributed by atoms with van der Waals surface area (Å²) < 4.78 is 5.67. The predicted octanol–water partition coefficient (Wildman–Crippen LogP) is 2.22. The van der Waals surface area contributed by atoms with E-state index in [0.29, 0.717) is 19.2 Å². The molecular formula is C16H25IN4O2. The monoisotopic (exact) mass is 432 g/mol. The molecule has 0 bridgehead atoms. The number of nitrogens with one attached hydrogen (secondary N) is 3. The third-order valence-electron chi connectivity index (χ3n) is 3.47. The number of guanidine groups is 1. The largest absolute Gasteiger partial charge is 0.492 e. The van der Waals surface area contributed by atoms with Gasteiger partial charge in [-0.1, -0.05) is 13.0 Å². The number of carbonyl (C=O) groups excluding carboxylic acids is 1. The number of aliphatic imine (C=N–C) groups is 1. The highest BCUT2D eigenvalue weighted by Crippen LogP contribution is 2.28. The molecule has 0 saturated heterocycles. The minimum absolute atomic E-state index is 0. The number of amides is 1. The number of carbonyl (C=O) groups is 1. The highest BCUT2D eigenvalue weighted by molar-refractivity contribution is 14.0. The lowest BCUT2D eigenvalue weighted by atomic mass is 10.3. The zero-order valence-electron chi connectivity index (χ0n) is 13.8. The standard InChI is InChI=1S/C16H24N4O2.HI/c1-11-9-15(11)20-16(17-3)18-7-8-22-14-6-4-5-13(10-14)19-12(2)21;/h4-6,10-11,15H,7-9H2,1-3H3,(H,19,21)(H2,17,18,20);1H. The van der Waals surface area contributed by atoms with E-state index in [2.05, 4.69) is 27.9 Å². The first-order valence-corrected chi connectivity index (χ1v) is 7.56. The first kappa shape index (κ1) is 19.5. The van der Waals surface area contributed by atoms with Crippen LogP contribution in [0.3, 0.4) is 0 Å². The van der Waals surface area contributed by atoms with E-state index in [1.165, 1.54) is 13.3 Å². The second-order valence-electron chi connectivity index (χ2n) is 5.52. The fourth-order valence-corrected chi connectivity index (χ4v) is 2.10. The number of ether oxygens (including phenoxy) is 1. The molecule has 128 valence electrons. The van der Waals surface area contributed by atoms with Crippen LogP contribution in [0, 0.1) is 5.92 Å². The summed E-state index contributed by atoms with van der Waals surface area (Å²) in [5, 5.41) is 9.31. The summed E-state index contributed by atoms with van der Waals surface area (Å²) in [6, 6.07) is 7.89. The van der Waals surface area contributed by atoms with Crippen molar-refractivity contribution < 1.29 is 9.53 Å². The maximum atomic E-state index is 11.0. The summed E-state index contributed by atoms with van der Waals surface area (Å²) in [4.78, 5) is 15.2. The molecule has 0 aliphatic heterocycles. The van der Waals surface area contributed by atoms with Gasteiger partial charge in [0.05, 0.1) is 6.54 Å². The Bertz CT molecular complexity index is 551. The third-order valence-corrected chi connectivity index (χ3v) is 3.47. The lowest BCUT2D eigenvalue weighted by Gasteiger charge is -2.12. The summed E-state index contributed by atoms with van der Waals surface area (Å²) in [6.07, 6.45) is 1.20. The van der Waals surface area contributed by atoms with Gasteiger partial charge < -0.3 is 20.7 Å². The van der Waals surface area contributed by atoms with Crippen LogP contribution >= 0.6 is 24.0 Å². The zero-order valence-corrected chi connectivity index (χ0v) is 16.1. The van der Waals surface area contributed by atoms with Crippen LogP contribution in [0.5, 0.6) is 5.75 Å². The average molecular weight is 432 g/mol. The second kappa shape index (κ2) is 9.59. The lowest BCUT2D eigenvalue weighted by Crippen LogP contribution is -2.40. The summed E-state index contributed by atoms with van der Waals surface area (Å²) in [5.74, 6) is 2.17. The Labute approximate surface area is 154 Å². The summed E-state index contributed by atoms with van der Waals surface area (Å²) >= 11 is 0. The number of nitrogens with zero attached hydrogens (tertiary/aromatic N) is 1. The molecular weight excluding hydrogens is 407 g/mol. The van der Waals surface area contributed by atoms with Gasteiger partial charge in [-0.15, -0.1) is 24.0 Å². The van der Waals surface area contributed by atoms with Crippen LogP contribution in [0.2, 0.25) is 0 Å². The molecule has 1 aromatic carbocycles. The molecule has 0 radical (unpaired) electrons. The molecule has 2 unspecified atom stereocenters. The van der Waals surface area contributed by atoms with Gasteiger partial charge in [0, 0.05) is 31.8 Å². The van der Waals surface area contributed by atoms with Gasteiger partial charge >= 0.3 is 0 Å². The molecule has 1 aliphatic rings. The second-order valence-corrected chi connectivity index (χ2v) is 5.52. The molecule has 2 atom stereocenters. The van der Waals surface area contributed by atoms with Crippen molar-refractivity contribution >= 4 is 41.5 Å². The van der Waals surface area contributed by atoms with Crippen molar-refractivity contribution in [1.29, 1.82) is 0 Å². The zero-order chi connectivity index (χ0) is 15.9. The van der Waals surface area contributed by atoms with Gasteiger partial charge in [0.2, 0.25) is 5.91 Å². The van der Waals surface area contributed by atoms with Crippen LogP contribution in [0.25, 0.3) is 0 Å². The van der Waals surface area contributed by atoms with E-state index in [9.17, 15) is 4.79 Å². The topological polar surface area (TPSA) is 74.8 Å². The van der Waals surface area contributed by atoms with Crippen LogP contribution in [-0.4, -0.2) is 38.1 Å². The molecule has 0 heterocycles. The highest BCUT2D eigenvalue weighted by Gasteiger charge is 2.33. The summed E-state index contributed by atoms with van der Waals surface area (Å²) in [5.41, 5.74) is 0.734. The van der Waals surface area contributed by atoms with Crippen molar-refractivity contribution in [2.45, 2.75) is 26.3 Å². The SMILES string of the molecule is CN=C(NCCOc1cccc(NC(C)=O)c1)NC1CC1C.I. The maximum Gasteiger partial charge on any atom is 0.221 e. The van der Waals surface area contributed by atoms with Gasteiger partial charge in [-0.3, -0.25) is 9.79 Å². The molecule has 1 fully saturated rings. The van der Waals surface area contributed by atoms with E-state index < -0.39 is 0 Å². The molecule has 1 aliphatic carbocycles. The van der Waals surface area contributed by atoms with E-state index in [4.69, 9.17) is 4.74 Å². The fourth-order valence-electron chi connectivity index (χ4n) is 2.10. The fraction of sp³-hybridized carbons (Fsp3) is 0.500. The van der Waals surface area contributed by atoms with Crippen LogP contribution in [-0.2, 0) is 4.79 Å². The Morgan fingerprint density at radius 3 is 2.78 bits per heavy atom. The van der Waals surface area contributed by atoms with Gasteiger partial charge in [0.1, 0.15) is 12.4 Å². The molecule has 23 heavy (non-hydrogen) atoms. The van der Waals surface area contributed by atoms with Crippen LogP contribution in [0.1, 0.15) is 20.3 Å². The Morgan fingerprint density at radius 2 is 2.17 bits per heavy atom. The summed E-state index contributed by atoms with van der Waals surface area (Å²) in [7, 11) is 1.76. The molecule has 1 amide bonds. The molecule has 0 spiro atoms. The minimum Gasteiger partial charge on any atom is -0.492 e. The number of rotatable bonds is 6. The number of benzene rings is 1. The first-order chi connectivity index (χ1) is 10.6. The molecule has 1 aromatic rings. The van der Waals surface area contributed by atoms with Gasteiger partial charge in [-0.25, -0.2) is 0 Å².